The first-order valence-corrected chi connectivity index (χ1v) is 6.32. The Balaban J connectivity index is 2.35. The van der Waals surface area contributed by atoms with Crippen LogP contribution in [0.2, 0.25) is 0 Å². The smallest absolute Gasteiger partial charge is 0.471 e. The maximum Gasteiger partial charge on any atom is 0.471 e. The summed E-state index contributed by atoms with van der Waals surface area (Å²) in [5, 5.41) is 21.9. The number of ether oxygens (including phenoxy) is 1. The largest absolute Gasteiger partial charge is 0.502 e. The van der Waals surface area contributed by atoms with E-state index >= 15 is 0 Å². The highest BCUT2D eigenvalue weighted by Crippen LogP contribution is 2.40. The molecule has 1 aromatic carbocycles. The number of halogens is 3. The van der Waals surface area contributed by atoms with Crippen LogP contribution in [0.5, 0.6) is 11.5 Å². The summed E-state index contributed by atoms with van der Waals surface area (Å²) in [4.78, 5) is 33.9. The van der Waals surface area contributed by atoms with Crippen molar-refractivity contribution in [1.82, 2.24) is 5.32 Å². The van der Waals surface area contributed by atoms with Crippen molar-refractivity contribution < 1.29 is 37.5 Å². The van der Waals surface area contributed by atoms with Crippen LogP contribution in [-0.4, -0.2) is 47.7 Å². The van der Waals surface area contributed by atoms with Crippen molar-refractivity contribution in [2.75, 3.05) is 18.6 Å². The van der Waals surface area contributed by atoms with Gasteiger partial charge in [-0.05, 0) is 0 Å². The Morgan fingerprint density at radius 2 is 2.12 bits per heavy atom. The van der Waals surface area contributed by atoms with Gasteiger partial charge in [0.05, 0.1) is 10.6 Å². The van der Waals surface area contributed by atoms with E-state index in [0.29, 0.717) is 0 Å². The molecule has 1 aromatic rings. The third-order valence-electron chi connectivity index (χ3n) is 3.21. The second-order valence-corrected chi connectivity index (χ2v) is 4.80. The van der Waals surface area contributed by atoms with E-state index in [1.54, 1.807) is 0 Å². The number of fused-ring (bicyclic) bond motifs is 1. The Kier molecular flexibility index (Phi) is 4.23. The molecule has 24 heavy (non-hydrogen) atoms. The number of nitro groups is 1. The summed E-state index contributed by atoms with van der Waals surface area (Å²) in [5.41, 5.74) is -0.844. The molecule has 0 radical (unpaired) electrons. The van der Waals surface area contributed by atoms with Crippen LogP contribution in [-0.2, 0) is 9.59 Å². The van der Waals surface area contributed by atoms with Gasteiger partial charge in [0.25, 0.3) is 5.91 Å². The number of phenols is 1. The van der Waals surface area contributed by atoms with Gasteiger partial charge in [-0.3, -0.25) is 19.7 Å². The number of carbonyl (C=O) groups is 2. The van der Waals surface area contributed by atoms with Crippen LogP contribution in [0.3, 0.4) is 0 Å². The van der Waals surface area contributed by atoms with Crippen LogP contribution < -0.4 is 15.0 Å². The Labute approximate surface area is 131 Å². The lowest BCUT2D eigenvalue weighted by atomic mass is 10.2. The lowest BCUT2D eigenvalue weighted by Gasteiger charge is -2.20. The molecule has 2 rings (SSSR count). The average molecular weight is 349 g/mol. The Hall–Kier alpha value is -3.05. The van der Waals surface area contributed by atoms with E-state index in [1.165, 1.54) is 5.32 Å². The van der Waals surface area contributed by atoms with Crippen LogP contribution in [0.15, 0.2) is 12.1 Å². The van der Waals surface area contributed by atoms with Gasteiger partial charge in [0, 0.05) is 19.2 Å². The molecule has 1 aliphatic heterocycles. The number of hydrogen-bond donors (Lipinski definition) is 2. The van der Waals surface area contributed by atoms with E-state index in [2.05, 4.69) is 0 Å². The van der Waals surface area contributed by atoms with E-state index in [1.807, 2.05) is 0 Å². The molecule has 1 heterocycles. The predicted octanol–water partition coefficient (Wildman–Crippen LogP) is 0.703. The Morgan fingerprint density at radius 1 is 1.50 bits per heavy atom. The lowest BCUT2D eigenvalue weighted by molar-refractivity contribution is -0.385. The number of likely N-dealkylation sites (N-methyl/N-ethyl adjacent to an activating group) is 1. The number of rotatable bonds is 2. The van der Waals surface area contributed by atoms with Gasteiger partial charge in [-0.15, -0.1) is 0 Å². The third-order valence-corrected chi connectivity index (χ3v) is 3.21. The number of nitro benzene ring substituents is 1. The molecule has 0 aromatic heterocycles. The molecule has 0 spiro atoms. The topological polar surface area (TPSA) is 122 Å². The normalized spacial score (nSPS) is 17.6. The van der Waals surface area contributed by atoms with E-state index < -0.39 is 47.0 Å². The lowest BCUT2D eigenvalue weighted by Crippen LogP contribution is -2.52. The molecule has 0 unspecified atom stereocenters. The molecule has 0 fully saturated rings. The first kappa shape index (κ1) is 17.3. The molecule has 1 atom stereocenters. The molecule has 0 saturated heterocycles. The second kappa shape index (κ2) is 5.86. The number of nitrogens with one attached hydrogen (secondary N) is 1. The zero-order valence-electron chi connectivity index (χ0n) is 12.0. The number of alkyl halides is 3. The van der Waals surface area contributed by atoms with E-state index in [0.717, 1.165) is 24.1 Å². The third kappa shape index (κ3) is 3.16. The average Bonchev–Trinajstić information content (AvgIpc) is 2.57. The number of hydrogen-bond acceptors (Lipinski definition) is 6. The van der Waals surface area contributed by atoms with Gasteiger partial charge in [-0.1, -0.05) is 0 Å². The van der Waals surface area contributed by atoms with Crippen molar-refractivity contribution in [3.8, 4) is 11.5 Å². The zero-order valence-corrected chi connectivity index (χ0v) is 12.0. The number of amides is 2. The van der Waals surface area contributed by atoms with Crippen molar-refractivity contribution in [1.29, 1.82) is 0 Å². The summed E-state index contributed by atoms with van der Waals surface area (Å²) in [6.45, 7) is -0.644. The van der Waals surface area contributed by atoms with Crippen molar-refractivity contribution >= 4 is 23.2 Å². The van der Waals surface area contributed by atoms with Gasteiger partial charge in [-0.2, -0.15) is 13.2 Å². The molecule has 0 aliphatic carbocycles. The number of phenolic OH excluding ortho intramolecular Hbond substituents is 1. The van der Waals surface area contributed by atoms with E-state index in [-0.39, 0.29) is 11.4 Å². The van der Waals surface area contributed by atoms with Crippen molar-refractivity contribution in [2.24, 2.45) is 0 Å². The van der Waals surface area contributed by atoms with Gasteiger partial charge in [-0.25, -0.2) is 0 Å². The van der Waals surface area contributed by atoms with Gasteiger partial charge >= 0.3 is 17.8 Å². The molecule has 2 amide bonds. The SMILES string of the molecule is CN1C(=O)[C@@H](NC(=O)C(F)(F)F)COc2cc(O)c([N+](=O)[O-])cc21. The summed E-state index contributed by atoms with van der Waals surface area (Å²) in [6.07, 6.45) is -5.19. The van der Waals surface area contributed by atoms with Crippen molar-refractivity contribution in [3.05, 3.63) is 22.2 Å². The second-order valence-electron chi connectivity index (χ2n) is 4.80. The number of anilines is 1. The van der Waals surface area contributed by atoms with Crippen molar-refractivity contribution in [2.45, 2.75) is 12.2 Å². The quantitative estimate of drug-likeness (QED) is 0.599. The maximum atomic E-state index is 12.3. The molecule has 9 nitrogen and oxygen atoms in total. The van der Waals surface area contributed by atoms with Crippen LogP contribution in [0.4, 0.5) is 24.5 Å². The zero-order chi connectivity index (χ0) is 18.2. The van der Waals surface area contributed by atoms with E-state index in [4.69, 9.17) is 4.74 Å². The Bertz CT molecular complexity index is 721. The number of carbonyl (C=O) groups excluding carboxylic acids is 2. The fourth-order valence-corrected chi connectivity index (χ4v) is 2.01. The highest BCUT2D eigenvalue weighted by molar-refractivity contribution is 6.01. The van der Waals surface area contributed by atoms with Crippen LogP contribution in [0.1, 0.15) is 0 Å². The summed E-state index contributed by atoms with van der Waals surface area (Å²) in [5.74, 6) is -4.18. The molecule has 2 N–H and O–H groups in total. The van der Waals surface area contributed by atoms with E-state index in [9.17, 15) is 38.0 Å². The van der Waals surface area contributed by atoms with Gasteiger partial charge < -0.3 is 20.1 Å². The maximum absolute atomic E-state index is 12.3. The summed E-state index contributed by atoms with van der Waals surface area (Å²) in [6, 6.07) is 0.0552. The Morgan fingerprint density at radius 3 is 2.67 bits per heavy atom. The highest BCUT2D eigenvalue weighted by atomic mass is 19.4. The monoisotopic (exact) mass is 349 g/mol. The van der Waals surface area contributed by atoms with Crippen LogP contribution in [0.25, 0.3) is 0 Å². The molecule has 0 bridgehead atoms. The fraction of sp³-hybridized carbons (Fsp3) is 0.333. The predicted molar refractivity (Wildman–Crippen MR) is 71.7 cm³/mol. The minimum Gasteiger partial charge on any atom is -0.502 e. The standard InChI is InChI=1S/C12H10F3N3O6/c1-17-7-2-6(18(22)23)8(19)3-9(7)24-4-5(10(17)20)16-11(21)12(13,14)15/h2-3,5,19H,4H2,1H3,(H,16,21)/t5-/m0/s1. The van der Waals surface area contributed by atoms with Crippen LogP contribution >= 0.6 is 0 Å². The van der Waals surface area contributed by atoms with Gasteiger partial charge in [0.1, 0.15) is 18.4 Å². The summed E-state index contributed by atoms with van der Waals surface area (Å²) >= 11 is 0. The molecule has 12 heteroatoms. The fourth-order valence-electron chi connectivity index (χ4n) is 2.01. The first-order chi connectivity index (χ1) is 11.0. The van der Waals surface area contributed by atoms with Crippen LogP contribution in [0, 0.1) is 10.1 Å². The molecule has 1 aliphatic rings. The van der Waals surface area contributed by atoms with Gasteiger partial charge in [0.2, 0.25) is 0 Å². The minimum atomic E-state index is -5.19. The molecule has 130 valence electrons. The summed E-state index contributed by atoms with van der Waals surface area (Å²) in [7, 11) is 1.14. The molecular formula is C12H10F3N3O6. The minimum absolute atomic E-state index is 0.131. The van der Waals surface area contributed by atoms with Gasteiger partial charge in [0.15, 0.2) is 5.75 Å². The first-order valence-electron chi connectivity index (χ1n) is 6.32. The number of aromatic hydroxyl groups is 1. The summed E-state index contributed by atoms with van der Waals surface area (Å²) < 4.78 is 42.0. The van der Waals surface area contributed by atoms with Crippen molar-refractivity contribution in [3.63, 3.8) is 0 Å². The number of nitrogens with zero attached hydrogens (tertiary/aromatic N) is 2. The highest BCUT2D eigenvalue weighted by Gasteiger charge is 2.42. The molecular weight excluding hydrogens is 339 g/mol. The number of benzene rings is 1. The molecule has 0 saturated carbocycles.